The molecule has 0 aliphatic carbocycles. The van der Waals surface area contributed by atoms with Gasteiger partial charge in [-0.05, 0) is 0 Å². The van der Waals surface area contributed by atoms with Gasteiger partial charge in [0, 0.05) is 0 Å². The van der Waals surface area contributed by atoms with E-state index in [4.69, 9.17) is 4.20 Å². The molecular weight excluding hydrogens is 199 g/mol. The first-order chi connectivity index (χ1) is 1.00. The van der Waals surface area contributed by atoms with E-state index < -0.39 is 0 Å². The minimum Gasteiger partial charge on any atom is -1.00 e. The van der Waals surface area contributed by atoms with Gasteiger partial charge in [0.25, 0.3) is 0 Å². The van der Waals surface area contributed by atoms with Crippen LogP contribution >= 0.6 is 16.3 Å². The molecule has 0 bridgehead atoms. The van der Waals surface area contributed by atoms with E-state index in [2.05, 4.69) is 0 Å². The molecule has 0 heterocycles. The van der Waals surface area contributed by atoms with Crippen LogP contribution in [-0.4, -0.2) is 4.20 Å². The van der Waals surface area contributed by atoms with Gasteiger partial charge in [-0.1, -0.05) is 0 Å². The molecule has 0 aromatic rings. The Morgan fingerprint density at radius 3 is 1.25 bits per heavy atom. The van der Waals surface area contributed by atoms with Crippen LogP contribution in [0.5, 0.6) is 0 Å². The summed E-state index contributed by atoms with van der Waals surface area (Å²) in [7, 11) is 0. The Balaban J connectivity index is -0.00000000500. The molecule has 0 fully saturated rings. The summed E-state index contributed by atoms with van der Waals surface area (Å²) in [5.41, 5.74) is 0. The molecule has 1 nitrogen and oxygen atoms in total. The molecule has 22 valence electrons. The maximum atomic E-state index is 6.81. The standard InChI is InChI=1S/BrHO.BrH.Na/c1-2;;/h2H;1H;/q;;+1/p-1. The van der Waals surface area contributed by atoms with Crippen molar-refractivity contribution in [3.63, 3.8) is 0 Å². The molecule has 0 saturated heterocycles. The van der Waals surface area contributed by atoms with Crippen LogP contribution in [0, 0.1) is 0 Å². The fourth-order valence-electron chi connectivity index (χ4n) is 0. The van der Waals surface area contributed by atoms with Crippen molar-refractivity contribution in [3.05, 3.63) is 0 Å². The quantitative estimate of drug-likeness (QED) is 0.386. The van der Waals surface area contributed by atoms with Crippen molar-refractivity contribution in [2.24, 2.45) is 0 Å². The molecule has 4 heavy (non-hydrogen) atoms. The average Bonchev–Trinajstić information content (AvgIpc) is 1.00. The van der Waals surface area contributed by atoms with E-state index >= 15 is 0 Å². The Hall–Kier alpha value is 1.92. The van der Waals surface area contributed by atoms with Crippen molar-refractivity contribution in [1.29, 1.82) is 0 Å². The van der Waals surface area contributed by atoms with Gasteiger partial charge in [0.2, 0.25) is 0 Å². The number of hydrogen-bond donors (Lipinski definition) is 1. The molecule has 1 N–H and O–H groups in total. The first kappa shape index (κ1) is 16.8. The van der Waals surface area contributed by atoms with Gasteiger partial charge in [-0.2, -0.15) is 0 Å². The van der Waals surface area contributed by atoms with Crippen molar-refractivity contribution in [1.82, 2.24) is 0 Å². The summed E-state index contributed by atoms with van der Waals surface area (Å²) in [5, 5.41) is 0. The second kappa shape index (κ2) is 20.5. The Morgan fingerprint density at radius 1 is 1.25 bits per heavy atom. The van der Waals surface area contributed by atoms with Crippen molar-refractivity contribution < 1.29 is 50.7 Å². The fourth-order valence-corrected chi connectivity index (χ4v) is 0. The first-order valence-electron chi connectivity index (χ1n) is 0.169. The van der Waals surface area contributed by atoms with Gasteiger partial charge in [-0.25, -0.2) is 0 Å². The molecule has 0 aromatic carbocycles. The Labute approximate surface area is 66.3 Å². The summed E-state index contributed by atoms with van der Waals surface area (Å²) in [5.74, 6) is 0. The largest absolute Gasteiger partial charge is 1.00 e. The molecule has 0 saturated carbocycles. The van der Waals surface area contributed by atoms with E-state index in [1.807, 2.05) is 16.3 Å². The third-order valence-corrected chi connectivity index (χ3v) is 0. The fraction of sp³-hybridized carbons (Fsp3) is 0. The smallest absolute Gasteiger partial charge is 1.00 e. The molecule has 4 heteroatoms. The molecule has 0 aliphatic heterocycles. The average molecular weight is 200 g/mol. The zero-order valence-electron chi connectivity index (χ0n) is 2.20. The van der Waals surface area contributed by atoms with Crippen LogP contribution in [0.15, 0.2) is 0 Å². The van der Waals surface area contributed by atoms with E-state index in [-0.39, 0.29) is 46.5 Å². The van der Waals surface area contributed by atoms with Crippen LogP contribution in [0.3, 0.4) is 0 Å². The first-order valence-corrected chi connectivity index (χ1v) is 0.878. The summed E-state index contributed by atoms with van der Waals surface area (Å²) in [6.45, 7) is 0. The topological polar surface area (TPSA) is 20.2 Å². The van der Waals surface area contributed by atoms with Crippen LogP contribution in [0.1, 0.15) is 0 Å². The van der Waals surface area contributed by atoms with Crippen molar-refractivity contribution in [2.75, 3.05) is 0 Å². The predicted octanol–water partition coefficient (Wildman–Crippen LogP) is -5.70. The van der Waals surface area contributed by atoms with Gasteiger partial charge >= 0.3 is 29.6 Å². The normalized spacial score (nSPS) is 1.50. The van der Waals surface area contributed by atoms with E-state index in [1.165, 1.54) is 0 Å². The van der Waals surface area contributed by atoms with Crippen LogP contribution in [0.2, 0.25) is 0 Å². The zero-order chi connectivity index (χ0) is 2.00. The molecule has 0 aromatic heterocycles. The maximum Gasteiger partial charge on any atom is 1.00 e. The van der Waals surface area contributed by atoms with E-state index in [1.54, 1.807) is 0 Å². The maximum absolute atomic E-state index is 6.81. The number of hydrogen-bond acceptors (Lipinski definition) is 1. The van der Waals surface area contributed by atoms with Crippen molar-refractivity contribution in [3.8, 4) is 0 Å². The summed E-state index contributed by atoms with van der Waals surface area (Å²) in [6.07, 6.45) is 0. The Morgan fingerprint density at radius 2 is 1.25 bits per heavy atom. The predicted molar refractivity (Wildman–Crippen MR) is 11.1 cm³/mol. The Kier molecular flexibility index (Phi) is 86.2. The third-order valence-electron chi connectivity index (χ3n) is 0. The summed E-state index contributed by atoms with van der Waals surface area (Å²) in [6, 6.07) is 0. The van der Waals surface area contributed by atoms with Crippen LogP contribution < -0.4 is 46.5 Å². The summed E-state index contributed by atoms with van der Waals surface area (Å²) < 4.78 is 6.81. The van der Waals surface area contributed by atoms with Crippen molar-refractivity contribution in [2.45, 2.75) is 0 Å². The second-order valence-electron chi connectivity index (χ2n) is 0. The number of rotatable bonds is 0. The van der Waals surface area contributed by atoms with Gasteiger partial charge in [0.15, 0.2) is 0 Å². The molecule has 0 aliphatic rings. The van der Waals surface area contributed by atoms with Crippen LogP contribution in [0.4, 0.5) is 0 Å². The molecule has 0 unspecified atom stereocenters. The summed E-state index contributed by atoms with van der Waals surface area (Å²) >= 11 is 1.94. The van der Waals surface area contributed by atoms with Crippen LogP contribution in [-0.2, 0) is 0 Å². The molecule has 0 radical (unpaired) electrons. The van der Waals surface area contributed by atoms with Gasteiger partial charge in [-0.15, -0.1) is 0 Å². The van der Waals surface area contributed by atoms with Crippen LogP contribution in [0.25, 0.3) is 0 Å². The van der Waals surface area contributed by atoms with E-state index in [9.17, 15) is 0 Å². The zero-order valence-corrected chi connectivity index (χ0v) is 7.38. The molecule has 0 atom stereocenters. The van der Waals surface area contributed by atoms with Gasteiger partial charge in [0.05, 0.1) is 16.3 Å². The Bertz CT molecular complexity index is 6.00. The minimum atomic E-state index is 0. The summed E-state index contributed by atoms with van der Waals surface area (Å²) in [4.78, 5) is 0. The SMILES string of the molecule is OBr.[Br-].[Na+]. The van der Waals surface area contributed by atoms with Gasteiger partial charge in [-0.3, -0.25) is 0 Å². The molecule has 0 spiro atoms. The molecule has 0 rings (SSSR count). The number of halogens is 2. The van der Waals surface area contributed by atoms with Gasteiger partial charge < -0.3 is 21.2 Å². The van der Waals surface area contributed by atoms with E-state index in [0.717, 1.165) is 0 Å². The van der Waals surface area contributed by atoms with Gasteiger partial charge in [0.1, 0.15) is 0 Å². The second-order valence-corrected chi connectivity index (χ2v) is 0. The van der Waals surface area contributed by atoms with Crippen molar-refractivity contribution >= 4 is 16.3 Å². The molecular formula is HBr2NaO. The monoisotopic (exact) mass is 198 g/mol. The minimum absolute atomic E-state index is 0. The van der Waals surface area contributed by atoms with E-state index in [0.29, 0.717) is 0 Å². The molecule has 0 amide bonds. The third kappa shape index (κ3) is 9.07.